The molecular weight excluding hydrogens is 306 g/mol. The van der Waals surface area contributed by atoms with Gasteiger partial charge in [0.05, 0.1) is 24.2 Å². The van der Waals surface area contributed by atoms with Crippen LogP contribution in [0.4, 0.5) is 0 Å². The average molecular weight is 327 g/mol. The second-order valence-electron chi connectivity index (χ2n) is 6.31. The predicted molar refractivity (Wildman–Crippen MR) is 88.8 cm³/mol. The molecule has 0 aliphatic carbocycles. The van der Waals surface area contributed by atoms with E-state index in [4.69, 9.17) is 0 Å². The highest BCUT2D eigenvalue weighted by Gasteiger charge is 2.32. The summed E-state index contributed by atoms with van der Waals surface area (Å²) in [6.45, 7) is 2.27. The summed E-state index contributed by atoms with van der Waals surface area (Å²) in [6.07, 6.45) is 5.13. The van der Waals surface area contributed by atoms with Crippen molar-refractivity contribution in [2.75, 3.05) is 6.54 Å². The van der Waals surface area contributed by atoms with E-state index < -0.39 is 11.9 Å². The predicted octanol–water partition coefficient (Wildman–Crippen LogP) is 2.13. The van der Waals surface area contributed by atoms with Crippen LogP contribution in [0.5, 0.6) is 0 Å². The van der Waals surface area contributed by atoms with Crippen LogP contribution in [0.2, 0.25) is 0 Å². The summed E-state index contributed by atoms with van der Waals surface area (Å²) >= 11 is 0. The van der Waals surface area contributed by atoms with Gasteiger partial charge in [0.1, 0.15) is 0 Å². The molecule has 1 aliphatic heterocycles. The molecule has 0 bridgehead atoms. The van der Waals surface area contributed by atoms with E-state index in [1.807, 2.05) is 43.5 Å². The Morgan fingerprint density at radius 2 is 2.00 bits per heavy atom. The van der Waals surface area contributed by atoms with E-state index in [-0.39, 0.29) is 18.4 Å². The maximum Gasteiger partial charge on any atom is 0.308 e. The third-order valence-electron chi connectivity index (χ3n) is 4.56. The lowest BCUT2D eigenvalue weighted by molar-refractivity contribution is -0.146. The molecule has 1 aliphatic rings. The van der Waals surface area contributed by atoms with Gasteiger partial charge in [-0.05, 0) is 37.5 Å². The Bertz CT molecular complexity index is 726. The van der Waals surface area contributed by atoms with Crippen LogP contribution < -0.4 is 0 Å². The van der Waals surface area contributed by atoms with E-state index >= 15 is 0 Å². The Morgan fingerprint density at radius 1 is 1.25 bits per heavy atom. The number of piperidine rings is 1. The van der Waals surface area contributed by atoms with Crippen molar-refractivity contribution in [3.63, 3.8) is 0 Å². The molecule has 2 atom stereocenters. The van der Waals surface area contributed by atoms with Gasteiger partial charge in [0.15, 0.2) is 0 Å². The maximum absolute atomic E-state index is 12.6. The summed E-state index contributed by atoms with van der Waals surface area (Å²) in [7, 11) is 0. The molecule has 2 unspecified atom stereocenters. The number of aromatic nitrogens is 2. The second kappa shape index (κ2) is 6.86. The van der Waals surface area contributed by atoms with Crippen LogP contribution in [0.3, 0.4) is 0 Å². The molecule has 0 saturated carbocycles. The molecule has 6 nitrogen and oxygen atoms in total. The van der Waals surface area contributed by atoms with Crippen molar-refractivity contribution >= 4 is 11.9 Å². The molecule has 126 valence electrons. The van der Waals surface area contributed by atoms with Gasteiger partial charge in [-0.25, -0.2) is 4.68 Å². The van der Waals surface area contributed by atoms with E-state index in [1.54, 1.807) is 15.8 Å². The van der Waals surface area contributed by atoms with Crippen molar-refractivity contribution < 1.29 is 14.7 Å². The number of aliphatic carboxylic acids is 1. The van der Waals surface area contributed by atoms with Gasteiger partial charge in [0, 0.05) is 18.8 Å². The van der Waals surface area contributed by atoms with E-state index in [0.717, 1.165) is 17.7 Å². The van der Waals surface area contributed by atoms with Gasteiger partial charge in [-0.15, -0.1) is 0 Å². The fourth-order valence-corrected chi connectivity index (χ4v) is 3.11. The normalized spacial score (nSPS) is 20.8. The first kappa shape index (κ1) is 16.2. The fraction of sp³-hybridized carbons (Fsp3) is 0.389. The highest BCUT2D eigenvalue weighted by atomic mass is 16.4. The Morgan fingerprint density at radius 3 is 2.71 bits per heavy atom. The van der Waals surface area contributed by atoms with Gasteiger partial charge in [-0.3, -0.25) is 9.59 Å². The lowest BCUT2D eigenvalue weighted by atomic mass is 9.93. The van der Waals surface area contributed by atoms with Crippen LogP contribution in [0.15, 0.2) is 42.7 Å². The highest BCUT2D eigenvalue weighted by molar-refractivity contribution is 5.80. The van der Waals surface area contributed by atoms with Crippen LogP contribution in [0, 0.1) is 5.92 Å². The molecule has 1 aromatic carbocycles. The molecule has 2 heterocycles. The lowest BCUT2D eigenvalue weighted by Gasteiger charge is -2.36. The Balaban J connectivity index is 1.68. The number of carboxylic acid groups (broad SMARTS) is 1. The van der Waals surface area contributed by atoms with E-state index in [1.165, 1.54) is 0 Å². The van der Waals surface area contributed by atoms with Crippen molar-refractivity contribution in [2.45, 2.75) is 32.2 Å². The van der Waals surface area contributed by atoms with E-state index in [0.29, 0.717) is 13.0 Å². The number of para-hydroxylation sites is 1. The quantitative estimate of drug-likeness (QED) is 0.933. The van der Waals surface area contributed by atoms with Gasteiger partial charge in [-0.2, -0.15) is 5.10 Å². The standard InChI is InChI=1S/C18H21N3O3/c1-13-7-8-15(18(23)24)12-20(13)17(22)9-14-10-19-21(11-14)16-5-3-2-4-6-16/h2-6,10-11,13,15H,7-9,12H2,1H3,(H,23,24). The van der Waals surface area contributed by atoms with Crippen molar-refractivity contribution in [3.05, 3.63) is 48.3 Å². The summed E-state index contributed by atoms with van der Waals surface area (Å²) in [5, 5.41) is 13.5. The molecule has 1 aromatic heterocycles. The van der Waals surface area contributed by atoms with Gasteiger partial charge in [0.25, 0.3) is 0 Å². The number of hydrogen-bond acceptors (Lipinski definition) is 3. The highest BCUT2D eigenvalue weighted by Crippen LogP contribution is 2.23. The molecule has 24 heavy (non-hydrogen) atoms. The fourth-order valence-electron chi connectivity index (χ4n) is 3.11. The minimum atomic E-state index is -0.823. The minimum absolute atomic E-state index is 0.0407. The molecule has 1 amide bonds. The summed E-state index contributed by atoms with van der Waals surface area (Å²) in [4.78, 5) is 25.5. The number of carbonyl (C=O) groups excluding carboxylic acids is 1. The third kappa shape index (κ3) is 3.48. The largest absolute Gasteiger partial charge is 0.481 e. The number of amides is 1. The SMILES string of the molecule is CC1CCC(C(=O)O)CN1C(=O)Cc1cnn(-c2ccccc2)c1. The van der Waals surface area contributed by atoms with Gasteiger partial charge >= 0.3 is 5.97 Å². The van der Waals surface area contributed by atoms with E-state index in [9.17, 15) is 14.7 Å². The van der Waals surface area contributed by atoms with Crippen LogP contribution >= 0.6 is 0 Å². The van der Waals surface area contributed by atoms with Crippen LogP contribution in [-0.2, 0) is 16.0 Å². The summed E-state index contributed by atoms with van der Waals surface area (Å²) in [5.41, 5.74) is 1.77. The average Bonchev–Trinajstić information content (AvgIpc) is 3.04. The minimum Gasteiger partial charge on any atom is -0.481 e. The number of hydrogen-bond donors (Lipinski definition) is 1. The monoisotopic (exact) mass is 327 g/mol. The Labute approximate surface area is 140 Å². The molecule has 1 N–H and O–H groups in total. The number of benzene rings is 1. The number of nitrogens with zero attached hydrogens (tertiary/aromatic N) is 3. The van der Waals surface area contributed by atoms with Crippen molar-refractivity contribution in [2.24, 2.45) is 5.92 Å². The van der Waals surface area contributed by atoms with Crippen LogP contribution in [-0.4, -0.2) is 44.3 Å². The molecule has 3 rings (SSSR count). The van der Waals surface area contributed by atoms with Crippen LogP contribution in [0.1, 0.15) is 25.3 Å². The first-order valence-corrected chi connectivity index (χ1v) is 8.16. The van der Waals surface area contributed by atoms with Crippen molar-refractivity contribution in [3.8, 4) is 5.69 Å². The number of carbonyl (C=O) groups is 2. The Hall–Kier alpha value is -2.63. The summed E-state index contributed by atoms with van der Waals surface area (Å²) < 4.78 is 1.74. The van der Waals surface area contributed by atoms with E-state index in [2.05, 4.69) is 5.10 Å². The first-order valence-electron chi connectivity index (χ1n) is 8.16. The molecule has 0 spiro atoms. The van der Waals surface area contributed by atoms with Gasteiger partial charge in [-0.1, -0.05) is 18.2 Å². The zero-order valence-corrected chi connectivity index (χ0v) is 13.6. The first-order chi connectivity index (χ1) is 11.5. The van der Waals surface area contributed by atoms with Crippen molar-refractivity contribution in [1.82, 2.24) is 14.7 Å². The molecule has 1 fully saturated rings. The third-order valence-corrected chi connectivity index (χ3v) is 4.56. The molecule has 2 aromatic rings. The topological polar surface area (TPSA) is 75.4 Å². The molecule has 1 saturated heterocycles. The van der Waals surface area contributed by atoms with Gasteiger partial charge in [0.2, 0.25) is 5.91 Å². The summed E-state index contributed by atoms with van der Waals surface area (Å²) in [6, 6.07) is 9.78. The van der Waals surface area contributed by atoms with Gasteiger partial charge < -0.3 is 10.0 Å². The van der Waals surface area contributed by atoms with Crippen molar-refractivity contribution in [1.29, 1.82) is 0 Å². The number of carboxylic acids is 1. The van der Waals surface area contributed by atoms with Crippen LogP contribution in [0.25, 0.3) is 5.69 Å². The summed E-state index contributed by atoms with van der Waals surface area (Å²) in [5.74, 6) is -1.32. The zero-order valence-electron chi connectivity index (χ0n) is 13.6. The number of likely N-dealkylation sites (tertiary alicyclic amines) is 1. The molecular formula is C18H21N3O3. The maximum atomic E-state index is 12.6. The zero-order chi connectivity index (χ0) is 17.1. The Kier molecular flexibility index (Phi) is 4.64. The lowest BCUT2D eigenvalue weighted by Crippen LogP contribution is -2.47. The molecule has 6 heteroatoms. The second-order valence-corrected chi connectivity index (χ2v) is 6.31. The smallest absolute Gasteiger partial charge is 0.308 e. The number of rotatable bonds is 4. The molecule has 0 radical (unpaired) electrons.